The van der Waals surface area contributed by atoms with Crippen molar-refractivity contribution in [2.24, 2.45) is 0 Å². The molecule has 0 radical (unpaired) electrons. The highest BCUT2D eigenvalue weighted by atomic mass is 32.2. The van der Waals surface area contributed by atoms with E-state index in [0.717, 1.165) is 33.8 Å². The van der Waals surface area contributed by atoms with Gasteiger partial charge in [0, 0.05) is 11.8 Å². The van der Waals surface area contributed by atoms with Gasteiger partial charge in [-0.25, -0.2) is 17.2 Å². The lowest BCUT2D eigenvalue weighted by atomic mass is 10.1. The number of benzene rings is 2. The van der Waals surface area contributed by atoms with Crippen molar-refractivity contribution in [3.63, 3.8) is 0 Å². The first-order valence-electron chi connectivity index (χ1n) is 7.83. The molecular formula is C18H20F2N2O3S. The van der Waals surface area contributed by atoms with Gasteiger partial charge in [0.2, 0.25) is 15.9 Å². The summed E-state index contributed by atoms with van der Waals surface area (Å²) >= 11 is 0. The topological polar surface area (TPSA) is 66.5 Å². The number of aryl methyl sites for hydroxylation is 2. The maximum Gasteiger partial charge on any atom is 0.247 e. The molecule has 0 saturated carbocycles. The number of carbonyl (C=O) groups is 1. The number of hydrogen-bond donors (Lipinski definition) is 1. The van der Waals surface area contributed by atoms with Crippen molar-refractivity contribution in [2.75, 3.05) is 15.9 Å². The Hall–Kier alpha value is -2.48. The van der Waals surface area contributed by atoms with Crippen molar-refractivity contribution < 1.29 is 22.0 Å². The van der Waals surface area contributed by atoms with E-state index >= 15 is 0 Å². The average molecular weight is 382 g/mol. The molecule has 2 aromatic carbocycles. The van der Waals surface area contributed by atoms with Crippen molar-refractivity contribution >= 4 is 27.3 Å². The molecular weight excluding hydrogens is 362 g/mol. The van der Waals surface area contributed by atoms with E-state index in [9.17, 15) is 22.0 Å². The van der Waals surface area contributed by atoms with Gasteiger partial charge in [-0.2, -0.15) is 0 Å². The number of nitrogens with one attached hydrogen (secondary N) is 1. The molecule has 5 nitrogen and oxygen atoms in total. The predicted molar refractivity (Wildman–Crippen MR) is 97.7 cm³/mol. The van der Waals surface area contributed by atoms with Gasteiger partial charge in [-0.1, -0.05) is 6.07 Å². The fourth-order valence-electron chi connectivity index (χ4n) is 2.49. The second-order valence-corrected chi connectivity index (χ2v) is 7.98. The first kappa shape index (κ1) is 19.8. The smallest absolute Gasteiger partial charge is 0.247 e. The molecule has 2 aromatic rings. The summed E-state index contributed by atoms with van der Waals surface area (Å²) in [6, 6.07) is 6.88. The summed E-state index contributed by atoms with van der Waals surface area (Å²) in [5.41, 5.74) is 2.25. The molecule has 0 fully saturated rings. The van der Waals surface area contributed by atoms with Crippen LogP contribution in [0, 0.1) is 25.5 Å². The average Bonchev–Trinajstić information content (AvgIpc) is 2.53. The Balaban J connectivity index is 2.34. The Labute approximate surface area is 151 Å². The minimum atomic E-state index is -3.76. The highest BCUT2D eigenvalue weighted by molar-refractivity contribution is 7.92. The van der Waals surface area contributed by atoms with E-state index in [1.807, 2.05) is 13.8 Å². The molecule has 0 aromatic heterocycles. The molecule has 0 aliphatic rings. The van der Waals surface area contributed by atoms with Gasteiger partial charge < -0.3 is 5.32 Å². The van der Waals surface area contributed by atoms with Crippen LogP contribution in [0.5, 0.6) is 0 Å². The lowest BCUT2D eigenvalue weighted by Crippen LogP contribution is -2.45. The molecule has 1 unspecified atom stereocenters. The maximum absolute atomic E-state index is 13.3. The summed E-state index contributed by atoms with van der Waals surface area (Å²) in [7, 11) is -3.76. The number of carbonyl (C=O) groups excluding carboxylic acids is 1. The lowest BCUT2D eigenvalue weighted by molar-refractivity contribution is -0.116. The Morgan fingerprint density at radius 2 is 1.69 bits per heavy atom. The van der Waals surface area contributed by atoms with Crippen LogP contribution in [0.15, 0.2) is 36.4 Å². The highest BCUT2D eigenvalue weighted by Gasteiger charge is 2.29. The van der Waals surface area contributed by atoms with E-state index in [1.165, 1.54) is 13.0 Å². The van der Waals surface area contributed by atoms with Gasteiger partial charge in [-0.15, -0.1) is 0 Å². The molecule has 0 aliphatic heterocycles. The summed E-state index contributed by atoms with van der Waals surface area (Å²) in [5.74, 6) is -2.81. The SMILES string of the molecule is Cc1ccc(N(C(C)C(=O)Nc2ccc(F)c(F)c2)S(C)(=O)=O)cc1C. The molecule has 0 spiro atoms. The number of amides is 1. The Morgan fingerprint density at radius 3 is 2.23 bits per heavy atom. The molecule has 1 amide bonds. The summed E-state index contributed by atoms with van der Waals surface area (Å²) in [5, 5.41) is 2.41. The molecule has 0 bridgehead atoms. The number of nitrogens with zero attached hydrogens (tertiary/aromatic N) is 1. The summed E-state index contributed by atoms with van der Waals surface area (Å²) in [6.07, 6.45) is 1.00. The number of rotatable bonds is 5. The lowest BCUT2D eigenvalue weighted by Gasteiger charge is -2.28. The normalized spacial score (nSPS) is 12.5. The summed E-state index contributed by atoms with van der Waals surface area (Å²) in [4.78, 5) is 12.5. The van der Waals surface area contributed by atoms with Crippen molar-refractivity contribution in [3.8, 4) is 0 Å². The van der Waals surface area contributed by atoms with Crippen LogP contribution < -0.4 is 9.62 Å². The van der Waals surface area contributed by atoms with Crippen molar-refractivity contribution in [3.05, 3.63) is 59.2 Å². The maximum atomic E-state index is 13.3. The monoisotopic (exact) mass is 382 g/mol. The third-order valence-corrected chi connectivity index (χ3v) is 5.26. The van der Waals surface area contributed by atoms with Gasteiger partial charge in [-0.05, 0) is 56.2 Å². The van der Waals surface area contributed by atoms with E-state index in [-0.39, 0.29) is 5.69 Å². The number of halogens is 2. The Bertz CT molecular complexity index is 945. The van der Waals surface area contributed by atoms with Crippen molar-refractivity contribution in [2.45, 2.75) is 26.8 Å². The van der Waals surface area contributed by atoms with Crippen LogP contribution in [0.2, 0.25) is 0 Å². The minimum absolute atomic E-state index is 0.0364. The Morgan fingerprint density at radius 1 is 1.04 bits per heavy atom. The standard InChI is InChI=1S/C18H20F2N2O3S/c1-11-5-7-15(9-12(11)2)22(26(4,24)25)13(3)18(23)21-14-6-8-16(19)17(20)10-14/h5-10,13H,1-4H3,(H,21,23). The third kappa shape index (κ3) is 4.37. The second kappa shape index (κ2) is 7.41. The van der Waals surface area contributed by atoms with Crippen LogP contribution in [0.1, 0.15) is 18.1 Å². The molecule has 0 heterocycles. The van der Waals surface area contributed by atoms with Gasteiger partial charge in [0.1, 0.15) is 6.04 Å². The van der Waals surface area contributed by atoms with Gasteiger partial charge in [0.15, 0.2) is 11.6 Å². The number of anilines is 2. The van der Waals surface area contributed by atoms with E-state index in [1.54, 1.807) is 18.2 Å². The molecule has 2 rings (SSSR count). The first-order valence-corrected chi connectivity index (χ1v) is 9.68. The van der Waals surface area contributed by atoms with Gasteiger partial charge in [-0.3, -0.25) is 9.10 Å². The molecule has 1 N–H and O–H groups in total. The predicted octanol–water partition coefficient (Wildman–Crippen LogP) is 3.37. The summed E-state index contributed by atoms with van der Waals surface area (Å²) < 4.78 is 51.8. The zero-order valence-electron chi connectivity index (χ0n) is 14.9. The van der Waals surface area contributed by atoms with Gasteiger partial charge in [0.25, 0.3) is 0 Å². The first-order chi connectivity index (χ1) is 12.0. The number of hydrogen-bond acceptors (Lipinski definition) is 3. The minimum Gasteiger partial charge on any atom is -0.324 e. The Kier molecular flexibility index (Phi) is 5.65. The molecule has 1 atom stereocenters. The van der Waals surface area contributed by atoms with Crippen molar-refractivity contribution in [1.82, 2.24) is 0 Å². The van der Waals surface area contributed by atoms with Crippen LogP contribution in [0.4, 0.5) is 20.2 Å². The van der Waals surface area contributed by atoms with Crippen LogP contribution >= 0.6 is 0 Å². The van der Waals surface area contributed by atoms with Crippen LogP contribution in [-0.4, -0.2) is 26.6 Å². The number of sulfonamides is 1. The van der Waals surface area contributed by atoms with Gasteiger partial charge in [0.05, 0.1) is 11.9 Å². The van der Waals surface area contributed by atoms with Gasteiger partial charge >= 0.3 is 0 Å². The molecule has 140 valence electrons. The highest BCUT2D eigenvalue weighted by Crippen LogP contribution is 2.24. The zero-order valence-corrected chi connectivity index (χ0v) is 15.7. The third-order valence-electron chi connectivity index (χ3n) is 4.02. The summed E-state index contributed by atoms with van der Waals surface area (Å²) in [6.45, 7) is 5.15. The molecule has 26 heavy (non-hydrogen) atoms. The molecule has 0 saturated heterocycles. The fraction of sp³-hybridized carbons (Fsp3) is 0.278. The second-order valence-electron chi connectivity index (χ2n) is 6.12. The zero-order chi connectivity index (χ0) is 19.6. The molecule has 8 heteroatoms. The van der Waals surface area contributed by atoms with E-state index in [2.05, 4.69) is 5.32 Å². The van der Waals surface area contributed by atoms with Crippen LogP contribution in [0.25, 0.3) is 0 Å². The molecule has 0 aliphatic carbocycles. The van der Waals surface area contributed by atoms with Crippen LogP contribution in [-0.2, 0) is 14.8 Å². The largest absolute Gasteiger partial charge is 0.324 e. The van der Waals surface area contributed by atoms with E-state index in [4.69, 9.17) is 0 Å². The fourth-order valence-corrected chi connectivity index (χ4v) is 3.66. The van der Waals surface area contributed by atoms with E-state index in [0.29, 0.717) is 5.69 Å². The van der Waals surface area contributed by atoms with Crippen LogP contribution in [0.3, 0.4) is 0 Å². The van der Waals surface area contributed by atoms with E-state index < -0.39 is 33.6 Å². The quantitative estimate of drug-likeness (QED) is 0.862. The van der Waals surface area contributed by atoms with Crippen molar-refractivity contribution in [1.29, 1.82) is 0 Å².